The topological polar surface area (TPSA) is 78.9 Å². The van der Waals surface area contributed by atoms with Gasteiger partial charge in [0.25, 0.3) is 0 Å². The number of carbonyl (C=O) groups is 3. The molecule has 6 heteroatoms. The van der Waals surface area contributed by atoms with Gasteiger partial charge in [0, 0.05) is 19.3 Å². The van der Waals surface area contributed by atoms with Gasteiger partial charge in [0.05, 0.1) is 0 Å². The first-order chi connectivity index (χ1) is 29.4. The van der Waals surface area contributed by atoms with E-state index in [1.807, 2.05) is 0 Å². The molecule has 0 aliphatic rings. The molecule has 0 aromatic rings. The van der Waals surface area contributed by atoms with Crippen LogP contribution in [0.4, 0.5) is 0 Å². The molecule has 0 N–H and O–H groups in total. The van der Waals surface area contributed by atoms with Gasteiger partial charge in [-0.3, -0.25) is 14.4 Å². The van der Waals surface area contributed by atoms with Crippen LogP contribution in [0.2, 0.25) is 0 Å². The van der Waals surface area contributed by atoms with Crippen molar-refractivity contribution in [1.29, 1.82) is 0 Å². The average Bonchev–Trinajstić information content (AvgIpc) is 3.23. The predicted molar refractivity (Wildman–Crippen MR) is 257 cm³/mol. The molecule has 60 heavy (non-hydrogen) atoms. The molecule has 0 aliphatic carbocycles. The van der Waals surface area contributed by atoms with Gasteiger partial charge in [0.1, 0.15) is 13.2 Å². The maximum atomic E-state index is 12.8. The third kappa shape index (κ3) is 47.5. The molecule has 0 heterocycles. The fourth-order valence-corrected chi connectivity index (χ4v) is 8.22. The first-order valence-electron chi connectivity index (χ1n) is 26.9. The second kappa shape index (κ2) is 48.4. The number of carbonyl (C=O) groups excluding carboxylic acids is 3. The first-order valence-corrected chi connectivity index (χ1v) is 26.9. The SMILES string of the molecule is CCCCCCCCCCCCCCCCCCCC(=O)O[C@@H](COC(=O)CCCCCCCCCCCCCCCC)COC(=O)CCCCCCCCCCC(C)C. The highest BCUT2D eigenvalue weighted by Crippen LogP contribution is 2.17. The maximum Gasteiger partial charge on any atom is 0.306 e. The lowest BCUT2D eigenvalue weighted by molar-refractivity contribution is -0.167. The van der Waals surface area contributed by atoms with E-state index < -0.39 is 6.10 Å². The Morgan fingerprint density at radius 2 is 0.550 bits per heavy atom. The van der Waals surface area contributed by atoms with Crippen LogP contribution in [0.25, 0.3) is 0 Å². The van der Waals surface area contributed by atoms with E-state index in [0.717, 1.165) is 63.7 Å². The zero-order chi connectivity index (χ0) is 43.8. The van der Waals surface area contributed by atoms with E-state index >= 15 is 0 Å². The number of rotatable bonds is 49. The maximum absolute atomic E-state index is 12.8. The Labute approximate surface area is 374 Å². The van der Waals surface area contributed by atoms with Crippen molar-refractivity contribution in [3.8, 4) is 0 Å². The summed E-state index contributed by atoms with van der Waals surface area (Å²) in [6, 6.07) is 0. The summed E-state index contributed by atoms with van der Waals surface area (Å²) in [7, 11) is 0. The quantitative estimate of drug-likeness (QED) is 0.0345. The minimum atomic E-state index is -0.761. The molecule has 0 amide bonds. The van der Waals surface area contributed by atoms with Crippen LogP contribution in [-0.4, -0.2) is 37.2 Å². The standard InChI is InChI=1S/C54H104O6/c1-5-7-9-11-13-15-17-19-21-22-23-25-27-29-35-39-43-47-54(57)60-51(49-59-53(56)46-42-38-34-31-30-32-36-40-44-50(3)4)48-58-52(55)45-41-37-33-28-26-24-20-18-16-14-12-10-8-6-2/h50-51H,5-49H2,1-4H3/t51-/m0/s1. The molecule has 0 aromatic heterocycles. The fraction of sp³-hybridized carbons (Fsp3) is 0.944. The predicted octanol–water partition coefficient (Wildman–Crippen LogP) is 17.5. The van der Waals surface area contributed by atoms with Crippen molar-refractivity contribution in [2.75, 3.05) is 13.2 Å². The molecular weight excluding hydrogens is 745 g/mol. The largest absolute Gasteiger partial charge is 0.462 e. The van der Waals surface area contributed by atoms with E-state index in [1.165, 1.54) is 199 Å². The lowest BCUT2D eigenvalue weighted by Gasteiger charge is -2.18. The number of ether oxygens (including phenoxy) is 3. The van der Waals surface area contributed by atoms with Crippen molar-refractivity contribution in [2.45, 2.75) is 310 Å². The molecular formula is C54H104O6. The van der Waals surface area contributed by atoms with E-state index in [4.69, 9.17) is 14.2 Å². The Bertz CT molecular complexity index is 903. The Balaban J connectivity index is 4.29. The van der Waals surface area contributed by atoms with E-state index in [2.05, 4.69) is 27.7 Å². The van der Waals surface area contributed by atoms with Crippen LogP contribution in [0.15, 0.2) is 0 Å². The van der Waals surface area contributed by atoms with Gasteiger partial charge in [-0.2, -0.15) is 0 Å². The lowest BCUT2D eigenvalue weighted by atomic mass is 10.0. The first kappa shape index (κ1) is 58.4. The Morgan fingerprint density at radius 1 is 0.317 bits per heavy atom. The van der Waals surface area contributed by atoms with Crippen molar-refractivity contribution in [2.24, 2.45) is 5.92 Å². The second-order valence-electron chi connectivity index (χ2n) is 19.0. The number of esters is 3. The number of hydrogen-bond acceptors (Lipinski definition) is 6. The van der Waals surface area contributed by atoms with Gasteiger partial charge in [-0.15, -0.1) is 0 Å². The van der Waals surface area contributed by atoms with Crippen molar-refractivity contribution in [3.63, 3.8) is 0 Å². The molecule has 0 saturated carbocycles. The Hall–Kier alpha value is -1.59. The molecule has 0 bridgehead atoms. The molecule has 356 valence electrons. The summed E-state index contributed by atoms with van der Waals surface area (Å²) in [6.45, 7) is 9.00. The van der Waals surface area contributed by atoms with Crippen molar-refractivity contribution < 1.29 is 28.6 Å². The number of hydrogen-bond donors (Lipinski definition) is 0. The lowest BCUT2D eigenvalue weighted by Crippen LogP contribution is -2.30. The summed E-state index contributed by atoms with van der Waals surface area (Å²) in [5, 5.41) is 0. The fourth-order valence-electron chi connectivity index (χ4n) is 8.22. The summed E-state index contributed by atoms with van der Waals surface area (Å²) >= 11 is 0. The van der Waals surface area contributed by atoms with Gasteiger partial charge in [0.15, 0.2) is 6.10 Å². The summed E-state index contributed by atoms with van der Waals surface area (Å²) in [4.78, 5) is 38.0. The van der Waals surface area contributed by atoms with E-state index in [9.17, 15) is 14.4 Å². The van der Waals surface area contributed by atoms with Gasteiger partial charge in [0.2, 0.25) is 0 Å². The minimum absolute atomic E-state index is 0.0628. The van der Waals surface area contributed by atoms with Gasteiger partial charge < -0.3 is 14.2 Å². The van der Waals surface area contributed by atoms with E-state index in [0.29, 0.717) is 19.3 Å². The zero-order valence-electron chi connectivity index (χ0n) is 40.9. The van der Waals surface area contributed by atoms with Crippen molar-refractivity contribution in [3.05, 3.63) is 0 Å². The molecule has 0 spiro atoms. The number of unbranched alkanes of at least 4 members (excludes halogenated alkanes) is 36. The van der Waals surface area contributed by atoms with Gasteiger partial charge in [-0.05, 0) is 25.2 Å². The third-order valence-electron chi connectivity index (χ3n) is 12.3. The molecule has 0 rings (SSSR count). The average molecular weight is 849 g/mol. The second-order valence-corrected chi connectivity index (χ2v) is 19.0. The van der Waals surface area contributed by atoms with E-state index in [1.54, 1.807) is 0 Å². The molecule has 1 atom stereocenters. The van der Waals surface area contributed by atoms with Gasteiger partial charge in [-0.25, -0.2) is 0 Å². The molecule has 0 aliphatic heterocycles. The van der Waals surface area contributed by atoms with Crippen LogP contribution >= 0.6 is 0 Å². The minimum Gasteiger partial charge on any atom is -0.462 e. The molecule has 0 unspecified atom stereocenters. The monoisotopic (exact) mass is 849 g/mol. The molecule has 0 saturated heterocycles. The van der Waals surface area contributed by atoms with E-state index in [-0.39, 0.29) is 31.1 Å². The summed E-state index contributed by atoms with van der Waals surface area (Å²) in [5.74, 6) is -0.0468. The van der Waals surface area contributed by atoms with Crippen LogP contribution < -0.4 is 0 Å². The third-order valence-corrected chi connectivity index (χ3v) is 12.3. The Morgan fingerprint density at radius 3 is 0.817 bits per heavy atom. The smallest absolute Gasteiger partial charge is 0.306 e. The molecule has 0 fully saturated rings. The highest BCUT2D eigenvalue weighted by atomic mass is 16.6. The molecule has 0 aromatic carbocycles. The summed E-state index contributed by atoms with van der Waals surface area (Å²) < 4.78 is 16.8. The van der Waals surface area contributed by atoms with Crippen LogP contribution in [-0.2, 0) is 28.6 Å². The Kier molecular flexibility index (Phi) is 47.2. The molecule has 6 nitrogen and oxygen atoms in total. The summed E-state index contributed by atoms with van der Waals surface area (Å²) in [5.41, 5.74) is 0. The van der Waals surface area contributed by atoms with Gasteiger partial charge >= 0.3 is 17.9 Å². The van der Waals surface area contributed by atoms with Crippen LogP contribution in [0.3, 0.4) is 0 Å². The van der Waals surface area contributed by atoms with Crippen LogP contribution in [0.5, 0.6) is 0 Å². The summed E-state index contributed by atoms with van der Waals surface area (Å²) in [6.07, 6.45) is 50.9. The van der Waals surface area contributed by atoms with Crippen molar-refractivity contribution >= 4 is 17.9 Å². The zero-order valence-corrected chi connectivity index (χ0v) is 40.9. The van der Waals surface area contributed by atoms with Crippen molar-refractivity contribution in [1.82, 2.24) is 0 Å². The highest BCUT2D eigenvalue weighted by Gasteiger charge is 2.19. The van der Waals surface area contributed by atoms with Gasteiger partial charge in [-0.1, -0.05) is 265 Å². The molecule has 0 radical (unpaired) electrons. The van der Waals surface area contributed by atoms with Crippen LogP contribution in [0, 0.1) is 5.92 Å². The van der Waals surface area contributed by atoms with Crippen LogP contribution in [0.1, 0.15) is 304 Å². The normalized spacial score (nSPS) is 11.9. The highest BCUT2D eigenvalue weighted by molar-refractivity contribution is 5.71.